The third kappa shape index (κ3) is 4.07. The average molecular weight is 359 g/mol. The molecule has 2 heterocycles. The molecule has 2 aromatic rings. The summed E-state index contributed by atoms with van der Waals surface area (Å²) in [7, 11) is 2.16. The number of aryl methyl sites for hydroxylation is 1. The van der Waals surface area contributed by atoms with E-state index in [9.17, 15) is 4.39 Å². The van der Waals surface area contributed by atoms with Gasteiger partial charge in [0.25, 0.3) is 0 Å². The van der Waals surface area contributed by atoms with E-state index in [1.54, 1.807) is 0 Å². The molecule has 3 rings (SSSR count). The van der Waals surface area contributed by atoms with Gasteiger partial charge in [-0.25, -0.2) is 9.07 Å². The van der Waals surface area contributed by atoms with E-state index in [2.05, 4.69) is 36.0 Å². The maximum Gasteiger partial charge on any atom is 0.137 e. The summed E-state index contributed by atoms with van der Waals surface area (Å²) in [4.78, 5) is 4.78. The minimum absolute atomic E-state index is 0.220. The van der Waals surface area contributed by atoms with Crippen molar-refractivity contribution in [2.75, 3.05) is 44.7 Å². The van der Waals surface area contributed by atoms with E-state index in [0.717, 1.165) is 69.3 Å². The molecule has 0 spiro atoms. The van der Waals surface area contributed by atoms with Crippen molar-refractivity contribution in [3.05, 3.63) is 41.3 Å². The average Bonchev–Trinajstić information content (AvgIpc) is 3.02. The standard InChI is InChI=1S/C20H30FN5/c1-4-10-22-15-18-19(5-2)23-26(17-8-6-16(21)7-9-17)20(18)25-13-11-24(3)12-14-25/h6-9,22H,4-5,10-15H2,1-3H3. The molecule has 1 aliphatic heterocycles. The lowest BCUT2D eigenvalue weighted by Gasteiger charge is -2.34. The van der Waals surface area contributed by atoms with Crippen molar-refractivity contribution in [2.24, 2.45) is 0 Å². The second kappa shape index (κ2) is 8.64. The van der Waals surface area contributed by atoms with E-state index < -0.39 is 0 Å². The predicted octanol–water partition coefficient (Wildman–Crippen LogP) is 2.83. The monoisotopic (exact) mass is 359 g/mol. The van der Waals surface area contributed by atoms with Crippen LogP contribution in [0.2, 0.25) is 0 Å². The van der Waals surface area contributed by atoms with Gasteiger partial charge >= 0.3 is 0 Å². The quantitative estimate of drug-likeness (QED) is 0.772. The lowest BCUT2D eigenvalue weighted by Crippen LogP contribution is -2.45. The molecule has 142 valence electrons. The van der Waals surface area contributed by atoms with E-state index in [-0.39, 0.29) is 5.82 Å². The van der Waals surface area contributed by atoms with Gasteiger partial charge < -0.3 is 15.1 Å². The van der Waals surface area contributed by atoms with Crippen molar-refractivity contribution < 1.29 is 4.39 Å². The Morgan fingerprint density at radius 1 is 1.08 bits per heavy atom. The van der Waals surface area contributed by atoms with E-state index in [1.807, 2.05) is 16.8 Å². The Hall–Kier alpha value is -1.92. The summed E-state index contributed by atoms with van der Waals surface area (Å²) in [6, 6.07) is 6.63. The molecule has 1 fully saturated rings. The topological polar surface area (TPSA) is 36.3 Å². The van der Waals surface area contributed by atoms with Gasteiger partial charge in [0.05, 0.1) is 11.4 Å². The van der Waals surface area contributed by atoms with E-state index in [4.69, 9.17) is 5.10 Å². The molecule has 1 N–H and O–H groups in total. The first-order valence-corrected chi connectivity index (χ1v) is 9.65. The first kappa shape index (κ1) is 18.9. The van der Waals surface area contributed by atoms with Gasteiger partial charge in [-0.2, -0.15) is 5.10 Å². The van der Waals surface area contributed by atoms with Crippen LogP contribution in [-0.4, -0.2) is 54.5 Å². The largest absolute Gasteiger partial charge is 0.354 e. The zero-order valence-corrected chi connectivity index (χ0v) is 16.1. The normalized spacial score (nSPS) is 15.6. The number of anilines is 1. The van der Waals surface area contributed by atoms with Gasteiger partial charge in [0.2, 0.25) is 0 Å². The molecule has 5 nitrogen and oxygen atoms in total. The third-order valence-electron chi connectivity index (χ3n) is 4.98. The maximum atomic E-state index is 13.4. The van der Waals surface area contributed by atoms with Crippen LogP contribution in [-0.2, 0) is 13.0 Å². The fourth-order valence-corrected chi connectivity index (χ4v) is 3.45. The zero-order valence-electron chi connectivity index (χ0n) is 16.1. The van der Waals surface area contributed by atoms with Crippen LogP contribution in [0.1, 0.15) is 31.5 Å². The number of benzene rings is 1. The van der Waals surface area contributed by atoms with Gasteiger partial charge in [0.15, 0.2) is 0 Å². The van der Waals surface area contributed by atoms with Gasteiger partial charge in [-0.1, -0.05) is 13.8 Å². The summed E-state index contributed by atoms with van der Waals surface area (Å²) >= 11 is 0. The summed E-state index contributed by atoms with van der Waals surface area (Å²) in [5, 5.41) is 8.44. The molecule has 0 amide bonds. The van der Waals surface area contributed by atoms with Gasteiger partial charge in [0, 0.05) is 38.3 Å². The highest BCUT2D eigenvalue weighted by Gasteiger charge is 2.25. The Morgan fingerprint density at radius 2 is 1.77 bits per heavy atom. The van der Waals surface area contributed by atoms with E-state index in [0.29, 0.717) is 0 Å². The number of piperazine rings is 1. The van der Waals surface area contributed by atoms with Crippen LogP contribution in [0.4, 0.5) is 10.2 Å². The lowest BCUT2D eigenvalue weighted by molar-refractivity contribution is 0.311. The Morgan fingerprint density at radius 3 is 2.38 bits per heavy atom. The molecule has 0 unspecified atom stereocenters. The summed E-state index contributed by atoms with van der Waals surface area (Å²) in [6.45, 7) is 10.2. The first-order valence-electron chi connectivity index (χ1n) is 9.65. The number of hydrogen-bond acceptors (Lipinski definition) is 4. The van der Waals surface area contributed by atoms with Crippen LogP contribution in [0, 0.1) is 5.82 Å². The molecule has 1 aromatic carbocycles. The minimum Gasteiger partial charge on any atom is -0.354 e. The second-order valence-electron chi connectivity index (χ2n) is 6.96. The van der Waals surface area contributed by atoms with Crippen molar-refractivity contribution in [3.63, 3.8) is 0 Å². The lowest BCUT2D eigenvalue weighted by atomic mass is 10.1. The Bertz CT molecular complexity index is 702. The predicted molar refractivity (Wildman–Crippen MR) is 105 cm³/mol. The van der Waals surface area contributed by atoms with Gasteiger partial charge in [-0.15, -0.1) is 0 Å². The molecule has 0 atom stereocenters. The highest BCUT2D eigenvalue weighted by molar-refractivity contribution is 5.56. The summed E-state index contributed by atoms with van der Waals surface area (Å²) in [6.07, 6.45) is 2.00. The number of nitrogens with one attached hydrogen (secondary N) is 1. The fraction of sp³-hybridized carbons (Fsp3) is 0.550. The van der Waals surface area contributed by atoms with E-state index in [1.165, 1.54) is 17.7 Å². The number of aromatic nitrogens is 2. The Kier molecular flexibility index (Phi) is 6.27. The molecule has 1 aliphatic rings. The number of rotatable bonds is 7. The Balaban J connectivity index is 2.02. The number of nitrogens with zero attached hydrogens (tertiary/aromatic N) is 4. The molecule has 0 radical (unpaired) electrons. The number of halogens is 1. The SMILES string of the molecule is CCCNCc1c(CC)nn(-c2ccc(F)cc2)c1N1CCN(C)CC1. The van der Waals surface area contributed by atoms with E-state index >= 15 is 0 Å². The van der Waals surface area contributed by atoms with Crippen molar-refractivity contribution >= 4 is 5.82 Å². The molecule has 0 bridgehead atoms. The minimum atomic E-state index is -0.220. The van der Waals surface area contributed by atoms with Crippen molar-refractivity contribution in [1.29, 1.82) is 0 Å². The molecule has 6 heteroatoms. The van der Waals surface area contributed by atoms with Crippen LogP contribution < -0.4 is 10.2 Å². The highest BCUT2D eigenvalue weighted by Crippen LogP contribution is 2.29. The molecule has 0 aliphatic carbocycles. The van der Waals surface area contributed by atoms with Gasteiger partial charge in [-0.05, 0) is 50.7 Å². The molecule has 1 aromatic heterocycles. The Labute approximate surface area is 155 Å². The van der Waals surface area contributed by atoms with Crippen LogP contribution in [0.15, 0.2) is 24.3 Å². The van der Waals surface area contributed by atoms with Crippen LogP contribution in [0.5, 0.6) is 0 Å². The van der Waals surface area contributed by atoms with Crippen LogP contribution in [0.3, 0.4) is 0 Å². The molecule has 0 saturated carbocycles. The summed E-state index contributed by atoms with van der Waals surface area (Å²) < 4.78 is 15.4. The van der Waals surface area contributed by atoms with Crippen molar-refractivity contribution in [1.82, 2.24) is 20.0 Å². The van der Waals surface area contributed by atoms with Gasteiger partial charge in [-0.3, -0.25) is 0 Å². The maximum absolute atomic E-state index is 13.4. The number of hydrogen-bond donors (Lipinski definition) is 1. The molecular weight excluding hydrogens is 329 g/mol. The van der Waals surface area contributed by atoms with Crippen molar-refractivity contribution in [2.45, 2.75) is 33.2 Å². The second-order valence-corrected chi connectivity index (χ2v) is 6.96. The zero-order chi connectivity index (χ0) is 18.5. The molecule has 1 saturated heterocycles. The smallest absolute Gasteiger partial charge is 0.137 e. The molecule has 26 heavy (non-hydrogen) atoms. The third-order valence-corrected chi connectivity index (χ3v) is 4.98. The first-order chi connectivity index (χ1) is 12.6. The number of likely N-dealkylation sites (N-methyl/N-ethyl adjacent to an activating group) is 1. The summed E-state index contributed by atoms with van der Waals surface area (Å²) in [5.74, 6) is 0.938. The highest BCUT2D eigenvalue weighted by atomic mass is 19.1. The van der Waals surface area contributed by atoms with Gasteiger partial charge in [0.1, 0.15) is 11.6 Å². The van der Waals surface area contributed by atoms with Crippen LogP contribution >= 0.6 is 0 Å². The fourth-order valence-electron chi connectivity index (χ4n) is 3.45. The van der Waals surface area contributed by atoms with Crippen LogP contribution in [0.25, 0.3) is 5.69 Å². The van der Waals surface area contributed by atoms with Crippen molar-refractivity contribution in [3.8, 4) is 5.69 Å². The summed E-state index contributed by atoms with van der Waals surface area (Å²) in [5.41, 5.74) is 3.30. The molecular formula is C20H30FN5.